The SMILES string of the molecule is N#CCc1cc(N)cc(Br)c1F. The average molecular weight is 229 g/mol. The lowest BCUT2D eigenvalue weighted by Crippen LogP contribution is -1.94. The molecule has 0 saturated heterocycles. The van der Waals surface area contributed by atoms with E-state index in [2.05, 4.69) is 15.9 Å². The monoisotopic (exact) mass is 228 g/mol. The Kier molecular flexibility index (Phi) is 2.66. The van der Waals surface area contributed by atoms with Gasteiger partial charge in [0.15, 0.2) is 0 Å². The van der Waals surface area contributed by atoms with Crippen LogP contribution in [0.1, 0.15) is 5.56 Å². The van der Waals surface area contributed by atoms with E-state index in [4.69, 9.17) is 11.0 Å². The molecule has 0 fully saturated rings. The number of nitrogens with zero attached hydrogens (tertiary/aromatic N) is 1. The number of nitriles is 1. The van der Waals surface area contributed by atoms with Crippen LogP contribution in [0.25, 0.3) is 0 Å². The molecule has 62 valence electrons. The van der Waals surface area contributed by atoms with Crippen LogP contribution in [0, 0.1) is 17.1 Å². The van der Waals surface area contributed by atoms with E-state index >= 15 is 0 Å². The zero-order valence-corrected chi connectivity index (χ0v) is 7.73. The molecule has 0 aliphatic carbocycles. The number of hydrogen-bond acceptors (Lipinski definition) is 2. The van der Waals surface area contributed by atoms with Crippen molar-refractivity contribution in [2.75, 3.05) is 5.73 Å². The normalized spacial score (nSPS) is 9.42. The zero-order valence-electron chi connectivity index (χ0n) is 6.14. The summed E-state index contributed by atoms with van der Waals surface area (Å²) in [5, 5.41) is 8.35. The van der Waals surface area contributed by atoms with Crippen LogP contribution in [-0.4, -0.2) is 0 Å². The van der Waals surface area contributed by atoms with Gasteiger partial charge in [-0.2, -0.15) is 5.26 Å². The highest BCUT2D eigenvalue weighted by Crippen LogP contribution is 2.22. The quantitative estimate of drug-likeness (QED) is 0.750. The van der Waals surface area contributed by atoms with Gasteiger partial charge in [0.05, 0.1) is 17.0 Å². The van der Waals surface area contributed by atoms with Gasteiger partial charge in [-0.1, -0.05) is 0 Å². The van der Waals surface area contributed by atoms with Gasteiger partial charge >= 0.3 is 0 Å². The predicted octanol–water partition coefficient (Wildman–Crippen LogP) is 2.24. The van der Waals surface area contributed by atoms with Crippen LogP contribution in [0.4, 0.5) is 10.1 Å². The molecule has 2 N–H and O–H groups in total. The zero-order chi connectivity index (χ0) is 9.14. The van der Waals surface area contributed by atoms with Crippen molar-refractivity contribution in [3.8, 4) is 6.07 Å². The van der Waals surface area contributed by atoms with E-state index in [9.17, 15) is 4.39 Å². The first kappa shape index (κ1) is 9.01. The predicted molar refractivity (Wildman–Crippen MR) is 47.8 cm³/mol. The molecule has 0 aromatic heterocycles. The van der Waals surface area contributed by atoms with Gasteiger partial charge in [0, 0.05) is 11.3 Å². The number of nitrogen functional groups attached to an aromatic ring is 1. The summed E-state index contributed by atoms with van der Waals surface area (Å²) in [5.41, 5.74) is 6.23. The van der Waals surface area contributed by atoms with Gasteiger partial charge in [-0.05, 0) is 28.1 Å². The summed E-state index contributed by atoms with van der Waals surface area (Å²) in [5.74, 6) is -0.411. The highest BCUT2D eigenvalue weighted by Gasteiger charge is 2.06. The maximum Gasteiger partial charge on any atom is 0.141 e. The minimum atomic E-state index is -0.411. The van der Waals surface area contributed by atoms with E-state index in [1.165, 1.54) is 12.1 Å². The first-order valence-corrected chi connectivity index (χ1v) is 4.05. The summed E-state index contributed by atoms with van der Waals surface area (Å²) in [7, 11) is 0. The Hall–Kier alpha value is -1.08. The molecule has 1 aromatic carbocycles. The lowest BCUT2D eigenvalue weighted by Gasteiger charge is -2.01. The smallest absolute Gasteiger partial charge is 0.141 e. The molecule has 0 saturated carbocycles. The maximum atomic E-state index is 13.1. The molecule has 0 heterocycles. The molecular weight excluding hydrogens is 223 g/mol. The highest BCUT2D eigenvalue weighted by molar-refractivity contribution is 9.10. The van der Waals surface area contributed by atoms with Crippen molar-refractivity contribution in [1.82, 2.24) is 0 Å². The van der Waals surface area contributed by atoms with Crippen LogP contribution in [0.2, 0.25) is 0 Å². The molecule has 0 aliphatic heterocycles. The summed E-state index contributed by atoms with van der Waals surface area (Å²) >= 11 is 3.00. The molecule has 1 aromatic rings. The number of rotatable bonds is 1. The van der Waals surface area contributed by atoms with Crippen LogP contribution in [0.3, 0.4) is 0 Å². The number of anilines is 1. The van der Waals surface area contributed by atoms with E-state index < -0.39 is 5.82 Å². The van der Waals surface area contributed by atoms with Crippen molar-refractivity contribution < 1.29 is 4.39 Å². The molecule has 1 rings (SSSR count). The van der Waals surface area contributed by atoms with E-state index in [0.717, 1.165) is 0 Å². The molecule has 0 radical (unpaired) electrons. The van der Waals surface area contributed by atoms with Crippen molar-refractivity contribution in [3.63, 3.8) is 0 Å². The fraction of sp³-hybridized carbons (Fsp3) is 0.125. The molecule has 0 spiro atoms. The van der Waals surface area contributed by atoms with Gasteiger partial charge < -0.3 is 5.73 Å². The van der Waals surface area contributed by atoms with Gasteiger partial charge in [-0.25, -0.2) is 4.39 Å². The standard InChI is InChI=1S/C8H6BrFN2/c9-7-4-6(12)3-5(1-2-11)8(7)10/h3-4H,1,12H2. The van der Waals surface area contributed by atoms with Crippen molar-refractivity contribution in [3.05, 3.63) is 28.0 Å². The molecule has 0 bridgehead atoms. The van der Waals surface area contributed by atoms with Crippen molar-refractivity contribution in [2.24, 2.45) is 0 Å². The number of hydrogen-bond donors (Lipinski definition) is 1. The maximum absolute atomic E-state index is 13.1. The first-order valence-electron chi connectivity index (χ1n) is 3.25. The summed E-state index contributed by atoms with van der Waals surface area (Å²) < 4.78 is 13.4. The van der Waals surface area contributed by atoms with Gasteiger partial charge in [0.1, 0.15) is 5.82 Å². The molecule has 0 aliphatic rings. The fourth-order valence-electron chi connectivity index (χ4n) is 0.883. The Morgan fingerprint density at radius 3 is 2.83 bits per heavy atom. The lowest BCUT2D eigenvalue weighted by atomic mass is 10.1. The number of nitrogens with two attached hydrogens (primary N) is 1. The van der Waals surface area contributed by atoms with Crippen molar-refractivity contribution in [2.45, 2.75) is 6.42 Å². The summed E-state index contributed by atoms with van der Waals surface area (Å²) in [6, 6.07) is 4.79. The van der Waals surface area contributed by atoms with Crippen molar-refractivity contribution >= 4 is 21.6 Å². The minimum Gasteiger partial charge on any atom is -0.399 e. The highest BCUT2D eigenvalue weighted by atomic mass is 79.9. The van der Waals surface area contributed by atoms with Crippen LogP contribution in [-0.2, 0) is 6.42 Å². The molecule has 2 nitrogen and oxygen atoms in total. The Morgan fingerprint density at radius 1 is 1.58 bits per heavy atom. The number of benzene rings is 1. The van der Waals surface area contributed by atoms with Gasteiger partial charge in [-0.3, -0.25) is 0 Å². The molecular formula is C8H6BrFN2. The van der Waals surface area contributed by atoms with E-state index in [-0.39, 0.29) is 6.42 Å². The Morgan fingerprint density at radius 2 is 2.25 bits per heavy atom. The second-order valence-corrected chi connectivity index (χ2v) is 3.17. The molecule has 0 amide bonds. The number of halogens is 2. The molecule has 0 atom stereocenters. The van der Waals surface area contributed by atoms with Crippen molar-refractivity contribution in [1.29, 1.82) is 5.26 Å². The molecule has 0 unspecified atom stereocenters. The summed E-state index contributed by atoms with van der Waals surface area (Å²) in [6.07, 6.45) is 0.0372. The largest absolute Gasteiger partial charge is 0.399 e. The van der Waals surface area contributed by atoms with Gasteiger partial charge in [0.25, 0.3) is 0 Å². The van der Waals surface area contributed by atoms with E-state index in [1.54, 1.807) is 0 Å². The third-order valence-electron chi connectivity index (χ3n) is 1.40. The third-order valence-corrected chi connectivity index (χ3v) is 1.97. The summed E-state index contributed by atoms with van der Waals surface area (Å²) in [6.45, 7) is 0. The molecule has 4 heteroatoms. The van der Waals surface area contributed by atoms with Crippen LogP contribution < -0.4 is 5.73 Å². The van der Waals surface area contributed by atoms with Crippen LogP contribution >= 0.6 is 15.9 Å². The van der Waals surface area contributed by atoms with Gasteiger partial charge in [0.2, 0.25) is 0 Å². The third kappa shape index (κ3) is 1.74. The molecule has 12 heavy (non-hydrogen) atoms. The fourth-order valence-corrected chi connectivity index (χ4v) is 1.40. The lowest BCUT2D eigenvalue weighted by molar-refractivity contribution is 0.609. The van der Waals surface area contributed by atoms with E-state index in [1.807, 2.05) is 6.07 Å². The second kappa shape index (κ2) is 3.55. The first-order chi connectivity index (χ1) is 5.65. The van der Waals surface area contributed by atoms with Crippen LogP contribution in [0.5, 0.6) is 0 Å². The average Bonchev–Trinajstić information content (AvgIpc) is 2.00. The van der Waals surface area contributed by atoms with Gasteiger partial charge in [-0.15, -0.1) is 0 Å². The van der Waals surface area contributed by atoms with E-state index in [0.29, 0.717) is 15.7 Å². The Balaban J connectivity index is 3.20. The van der Waals surface area contributed by atoms with Crippen LogP contribution in [0.15, 0.2) is 16.6 Å². The topological polar surface area (TPSA) is 49.8 Å². The minimum absolute atomic E-state index is 0.0372. The second-order valence-electron chi connectivity index (χ2n) is 2.31. The summed E-state index contributed by atoms with van der Waals surface area (Å²) in [4.78, 5) is 0. The Labute approximate surface area is 77.9 Å². The Bertz CT molecular complexity index is 344.